The van der Waals surface area contributed by atoms with Crippen LogP contribution in [0.4, 0.5) is 26.3 Å². The molecule has 0 radical (unpaired) electrons. The Bertz CT molecular complexity index is 664. The van der Waals surface area contributed by atoms with Gasteiger partial charge in [0.2, 0.25) is 5.91 Å². The van der Waals surface area contributed by atoms with Gasteiger partial charge in [0, 0.05) is 25.4 Å². The second-order valence-electron chi connectivity index (χ2n) is 6.08. The minimum Gasteiger partial charge on any atom is -0.475 e. The predicted molar refractivity (Wildman–Crippen MR) is 89.9 cm³/mol. The first-order valence-electron chi connectivity index (χ1n) is 7.98. The Balaban J connectivity index is 0. The molecule has 174 valence electrons. The number of hydrogen-bond acceptors (Lipinski definition) is 5. The quantitative estimate of drug-likeness (QED) is 0.497. The van der Waals surface area contributed by atoms with E-state index in [0.717, 1.165) is 5.56 Å². The smallest absolute Gasteiger partial charge is 0.475 e. The number of nitrogens with zero attached hydrogens (tertiary/aromatic N) is 2. The van der Waals surface area contributed by atoms with Crippen molar-refractivity contribution in [1.82, 2.24) is 15.1 Å². The zero-order valence-electron chi connectivity index (χ0n) is 16.1. The van der Waals surface area contributed by atoms with Crippen LogP contribution in [0.2, 0.25) is 0 Å². The Labute approximate surface area is 166 Å². The SMILES string of the molecule is CC(C)CC(N)C(=O)NCc1cnn(C)c1.O=C(O)C(F)(F)F.O=C(O)C(F)(F)F. The van der Waals surface area contributed by atoms with Gasteiger partial charge in [-0.1, -0.05) is 13.8 Å². The molecule has 0 aliphatic rings. The van der Waals surface area contributed by atoms with E-state index in [2.05, 4.69) is 10.4 Å². The molecule has 1 rings (SSSR count). The number of nitrogens with two attached hydrogens (primary N) is 1. The lowest BCUT2D eigenvalue weighted by molar-refractivity contribution is -0.193. The first kappa shape index (κ1) is 29.4. The number of aryl methyl sites for hydroxylation is 1. The first-order chi connectivity index (χ1) is 13.4. The van der Waals surface area contributed by atoms with Gasteiger partial charge in [-0.05, 0) is 12.3 Å². The number of amides is 1. The van der Waals surface area contributed by atoms with Crippen molar-refractivity contribution in [2.75, 3.05) is 0 Å². The standard InChI is InChI=1S/C11H20N4O.2C2HF3O2/c1-8(2)4-10(12)11(16)13-5-9-6-14-15(3)7-9;2*3-2(4,5)1(6)7/h6-8,10H,4-5,12H2,1-3H3,(H,13,16);2*(H,6,7). The molecule has 1 aromatic heterocycles. The summed E-state index contributed by atoms with van der Waals surface area (Å²) in [6, 6.07) is -0.420. The van der Waals surface area contributed by atoms with Crippen LogP contribution in [0.5, 0.6) is 0 Å². The average molecular weight is 452 g/mol. The molecule has 0 spiro atoms. The van der Waals surface area contributed by atoms with Gasteiger partial charge in [0.05, 0.1) is 12.2 Å². The molecule has 0 aliphatic carbocycles. The molecule has 1 heterocycles. The normalized spacial score (nSPS) is 12.1. The fourth-order valence-corrected chi connectivity index (χ4v) is 1.50. The van der Waals surface area contributed by atoms with Crippen LogP contribution in [0.3, 0.4) is 0 Å². The van der Waals surface area contributed by atoms with Gasteiger partial charge in [0.25, 0.3) is 0 Å². The van der Waals surface area contributed by atoms with Crippen LogP contribution in [0.1, 0.15) is 25.8 Å². The number of carboxylic acids is 2. The molecule has 0 saturated heterocycles. The molecule has 0 bridgehead atoms. The number of hydrogen-bond donors (Lipinski definition) is 4. The van der Waals surface area contributed by atoms with Gasteiger partial charge >= 0.3 is 24.3 Å². The van der Waals surface area contributed by atoms with E-state index < -0.39 is 30.3 Å². The Morgan fingerprint density at radius 2 is 1.50 bits per heavy atom. The van der Waals surface area contributed by atoms with Crippen molar-refractivity contribution in [2.24, 2.45) is 18.7 Å². The minimum absolute atomic E-state index is 0.0995. The van der Waals surface area contributed by atoms with Crippen LogP contribution in [0.25, 0.3) is 0 Å². The van der Waals surface area contributed by atoms with Crippen LogP contribution in [-0.2, 0) is 28.0 Å². The lowest BCUT2D eigenvalue weighted by Gasteiger charge is -2.13. The van der Waals surface area contributed by atoms with E-state index in [-0.39, 0.29) is 5.91 Å². The summed E-state index contributed by atoms with van der Waals surface area (Å²) in [4.78, 5) is 29.4. The van der Waals surface area contributed by atoms with Crippen molar-refractivity contribution in [1.29, 1.82) is 0 Å². The fourth-order valence-electron chi connectivity index (χ4n) is 1.50. The molecule has 5 N–H and O–H groups in total. The maximum atomic E-state index is 11.6. The van der Waals surface area contributed by atoms with Gasteiger partial charge in [-0.3, -0.25) is 9.48 Å². The van der Waals surface area contributed by atoms with E-state index in [0.29, 0.717) is 18.9 Å². The molecule has 0 aromatic carbocycles. The Morgan fingerprint density at radius 1 is 1.10 bits per heavy atom. The largest absolute Gasteiger partial charge is 0.490 e. The van der Waals surface area contributed by atoms with Crippen LogP contribution in [0.15, 0.2) is 12.4 Å². The summed E-state index contributed by atoms with van der Waals surface area (Å²) >= 11 is 0. The number of halogens is 6. The molecule has 0 aliphatic heterocycles. The van der Waals surface area contributed by atoms with Gasteiger partial charge in [-0.15, -0.1) is 0 Å². The molecule has 30 heavy (non-hydrogen) atoms. The highest BCUT2D eigenvalue weighted by Gasteiger charge is 2.38. The maximum Gasteiger partial charge on any atom is 0.490 e. The number of aliphatic carboxylic acids is 2. The summed E-state index contributed by atoms with van der Waals surface area (Å²) in [6.07, 6.45) is -5.86. The minimum atomic E-state index is -5.08. The molecule has 1 atom stereocenters. The highest BCUT2D eigenvalue weighted by molar-refractivity contribution is 5.81. The van der Waals surface area contributed by atoms with E-state index >= 15 is 0 Å². The lowest BCUT2D eigenvalue weighted by atomic mass is 10.0. The van der Waals surface area contributed by atoms with Crippen molar-refractivity contribution >= 4 is 17.8 Å². The van der Waals surface area contributed by atoms with Crippen molar-refractivity contribution < 1.29 is 50.9 Å². The van der Waals surface area contributed by atoms with Gasteiger partial charge < -0.3 is 21.3 Å². The van der Waals surface area contributed by atoms with Crippen LogP contribution < -0.4 is 11.1 Å². The number of carbonyl (C=O) groups is 3. The molecule has 1 unspecified atom stereocenters. The van der Waals surface area contributed by atoms with Gasteiger partial charge in [0.1, 0.15) is 0 Å². The average Bonchev–Trinajstić information content (AvgIpc) is 2.96. The Kier molecular flexibility index (Phi) is 12.4. The maximum absolute atomic E-state index is 11.6. The molecule has 1 amide bonds. The van der Waals surface area contributed by atoms with E-state index in [1.165, 1.54) is 0 Å². The number of aromatic nitrogens is 2. The number of carboxylic acid groups (broad SMARTS) is 2. The van der Waals surface area contributed by atoms with Gasteiger partial charge in [-0.25, -0.2) is 9.59 Å². The molecule has 9 nitrogen and oxygen atoms in total. The van der Waals surface area contributed by atoms with Crippen molar-refractivity contribution in [2.45, 2.75) is 45.2 Å². The van der Waals surface area contributed by atoms with Crippen molar-refractivity contribution in [3.05, 3.63) is 18.0 Å². The molecule has 0 fully saturated rings. The zero-order valence-corrected chi connectivity index (χ0v) is 16.1. The first-order valence-corrected chi connectivity index (χ1v) is 7.98. The number of rotatable bonds is 5. The fraction of sp³-hybridized carbons (Fsp3) is 0.600. The second-order valence-corrected chi connectivity index (χ2v) is 6.08. The number of alkyl halides is 6. The monoisotopic (exact) mass is 452 g/mol. The van der Waals surface area contributed by atoms with Gasteiger partial charge in [0.15, 0.2) is 0 Å². The summed E-state index contributed by atoms with van der Waals surface area (Å²) in [6.45, 7) is 4.58. The van der Waals surface area contributed by atoms with Crippen LogP contribution in [-0.4, -0.2) is 56.2 Å². The third kappa shape index (κ3) is 15.1. The second kappa shape index (κ2) is 12.7. The third-order valence-corrected chi connectivity index (χ3v) is 2.77. The molecule has 1 aromatic rings. The Morgan fingerprint density at radius 3 is 1.77 bits per heavy atom. The summed E-state index contributed by atoms with van der Waals surface area (Å²) in [5, 5.41) is 21.1. The van der Waals surface area contributed by atoms with Crippen molar-refractivity contribution in [3.8, 4) is 0 Å². The summed E-state index contributed by atoms with van der Waals surface area (Å²) < 4.78 is 65.2. The van der Waals surface area contributed by atoms with Crippen LogP contribution >= 0.6 is 0 Å². The topological polar surface area (TPSA) is 148 Å². The van der Waals surface area contributed by atoms with E-state index in [1.54, 1.807) is 10.9 Å². The highest BCUT2D eigenvalue weighted by Crippen LogP contribution is 2.13. The summed E-state index contributed by atoms with van der Waals surface area (Å²) in [5.74, 6) is -5.18. The molecular formula is C15H22F6N4O5. The van der Waals surface area contributed by atoms with E-state index in [4.69, 9.17) is 25.5 Å². The Hall–Kier alpha value is -2.84. The van der Waals surface area contributed by atoms with Crippen molar-refractivity contribution in [3.63, 3.8) is 0 Å². The van der Waals surface area contributed by atoms with Gasteiger partial charge in [-0.2, -0.15) is 31.4 Å². The number of carbonyl (C=O) groups excluding carboxylic acids is 1. The van der Waals surface area contributed by atoms with E-state index in [1.807, 2.05) is 27.1 Å². The summed E-state index contributed by atoms with van der Waals surface area (Å²) in [7, 11) is 1.84. The lowest BCUT2D eigenvalue weighted by Crippen LogP contribution is -2.40. The van der Waals surface area contributed by atoms with Crippen LogP contribution in [0, 0.1) is 5.92 Å². The molecular weight excluding hydrogens is 430 g/mol. The molecule has 0 saturated carbocycles. The highest BCUT2D eigenvalue weighted by atomic mass is 19.4. The number of nitrogens with one attached hydrogen (secondary N) is 1. The third-order valence-electron chi connectivity index (χ3n) is 2.77. The molecule has 15 heteroatoms. The summed E-state index contributed by atoms with van der Waals surface area (Å²) in [5.41, 5.74) is 6.73. The zero-order chi connectivity index (χ0) is 24.3. The van der Waals surface area contributed by atoms with E-state index in [9.17, 15) is 31.1 Å². The predicted octanol–water partition coefficient (Wildman–Crippen LogP) is 1.68.